The summed E-state index contributed by atoms with van der Waals surface area (Å²) in [5, 5.41) is 3.12. The molecule has 4 aromatic rings. The van der Waals surface area contributed by atoms with Crippen molar-refractivity contribution in [2.75, 3.05) is 17.7 Å². The highest BCUT2D eigenvalue weighted by Gasteiger charge is 2.35. The van der Waals surface area contributed by atoms with Gasteiger partial charge in [0.05, 0.1) is 24.1 Å². The second kappa shape index (κ2) is 8.76. The Kier molecular flexibility index (Phi) is 6.13. The lowest BCUT2D eigenvalue weighted by Crippen LogP contribution is -2.15. The zero-order valence-electron chi connectivity index (χ0n) is 18.1. The van der Waals surface area contributed by atoms with E-state index in [1.54, 1.807) is 20.8 Å². The SMILES string of the molecule is CCOC(=O)c1c(NC(=O)c2sc3nc(C(F)(F)F)cc(-c4ccco4)c3c2N)sc(C)c1C. The van der Waals surface area contributed by atoms with E-state index in [9.17, 15) is 22.8 Å². The number of pyridine rings is 1. The van der Waals surface area contributed by atoms with Crippen LogP contribution in [0.3, 0.4) is 0 Å². The van der Waals surface area contributed by atoms with E-state index in [-0.39, 0.29) is 49.3 Å². The van der Waals surface area contributed by atoms with Crippen molar-refractivity contribution in [3.8, 4) is 11.3 Å². The zero-order valence-corrected chi connectivity index (χ0v) is 19.8. The monoisotopic (exact) mass is 509 g/mol. The van der Waals surface area contributed by atoms with Gasteiger partial charge in [0.15, 0.2) is 0 Å². The van der Waals surface area contributed by atoms with Crippen LogP contribution < -0.4 is 11.1 Å². The lowest BCUT2D eigenvalue weighted by atomic mass is 10.1. The summed E-state index contributed by atoms with van der Waals surface area (Å²) in [6.45, 7) is 5.36. The summed E-state index contributed by atoms with van der Waals surface area (Å²) in [6.07, 6.45) is -3.39. The van der Waals surface area contributed by atoms with Gasteiger partial charge in [0.1, 0.15) is 26.2 Å². The maximum Gasteiger partial charge on any atom is 0.433 e. The van der Waals surface area contributed by atoms with Gasteiger partial charge in [-0.2, -0.15) is 13.2 Å². The molecule has 0 atom stereocenters. The number of nitrogen functional groups attached to an aromatic ring is 1. The molecule has 0 spiro atoms. The molecule has 0 aliphatic carbocycles. The minimum absolute atomic E-state index is 0.0341. The van der Waals surface area contributed by atoms with Gasteiger partial charge in [-0.05, 0) is 44.5 Å². The predicted molar refractivity (Wildman–Crippen MR) is 124 cm³/mol. The first kappa shape index (κ1) is 23.8. The predicted octanol–water partition coefficient (Wildman–Crippen LogP) is 6.26. The molecule has 0 saturated carbocycles. The zero-order chi connectivity index (χ0) is 24.8. The normalized spacial score (nSPS) is 11.7. The third-order valence-corrected chi connectivity index (χ3v) is 7.30. The minimum Gasteiger partial charge on any atom is -0.464 e. The molecule has 4 heterocycles. The van der Waals surface area contributed by atoms with Gasteiger partial charge < -0.3 is 20.2 Å². The number of amides is 1. The fourth-order valence-corrected chi connectivity index (χ4v) is 5.44. The van der Waals surface area contributed by atoms with E-state index >= 15 is 0 Å². The minimum atomic E-state index is -4.71. The maximum atomic E-state index is 13.5. The number of nitrogens with one attached hydrogen (secondary N) is 1. The Bertz CT molecular complexity index is 1410. The summed E-state index contributed by atoms with van der Waals surface area (Å²) < 4.78 is 50.8. The number of halogens is 3. The molecule has 0 bridgehead atoms. The van der Waals surface area contributed by atoms with E-state index in [1.165, 1.54) is 29.7 Å². The number of thiophene rings is 2. The number of nitrogens with two attached hydrogens (primary N) is 1. The Morgan fingerprint density at radius 1 is 1.26 bits per heavy atom. The Morgan fingerprint density at radius 3 is 2.62 bits per heavy atom. The summed E-state index contributed by atoms with van der Waals surface area (Å²) in [4.78, 5) is 30.0. The number of nitrogens with zero attached hydrogens (tertiary/aromatic N) is 1. The van der Waals surface area contributed by atoms with Crippen molar-refractivity contribution in [3.63, 3.8) is 0 Å². The van der Waals surface area contributed by atoms with Crippen LogP contribution in [0.2, 0.25) is 0 Å². The molecule has 178 valence electrons. The van der Waals surface area contributed by atoms with E-state index in [1.807, 2.05) is 0 Å². The van der Waals surface area contributed by atoms with Gasteiger partial charge in [-0.15, -0.1) is 22.7 Å². The fourth-order valence-electron chi connectivity index (χ4n) is 3.38. The summed E-state index contributed by atoms with van der Waals surface area (Å²) >= 11 is 1.92. The molecule has 0 aliphatic heterocycles. The summed E-state index contributed by atoms with van der Waals surface area (Å²) in [6, 6.07) is 3.87. The molecule has 0 fully saturated rings. The summed E-state index contributed by atoms with van der Waals surface area (Å²) in [5.74, 6) is -1.10. The number of carbonyl (C=O) groups is 2. The first-order chi connectivity index (χ1) is 16.0. The van der Waals surface area contributed by atoms with Gasteiger partial charge in [0, 0.05) is 15.8 Å². The third kappa shape index (κ3) is 4.14. The number of alkyl halides is 3. The number of hydrogen-bond donors (Lipinski definition) is 2. The number of aryl methyl sites for hydroxylation is 1. The molecule has 7 nitrogen and oxygen atoms in total. The highest BCUT2D eigenvalue weighted by Crippen LogP contribution is 2.43. The van der Waals surface area contributed by atoms with Gasteiger partial charge in [0.2, 0.25) is 0 Å². The quantitative estimate of drug-likeness (QED) is 0.307. The van der Waals surface area contributed by atoms with Crippen LogP contribution in [0.25, 0.3) is 21.5 Å². The molecule has 0 aromatic carbocycles. The van der Waals surface area contributed by atoms with Gasteiger partial charge >= 0.3 is 12.1 Å². The summed E-state index contributed by atoms with van der Waals surface area (Å²) in [5.41, 5.74) is 6.04. The molecule has 12 heteroatoms. The van der Waals surface area contributed by atoms with E-state index in [2.05, 4.69) is 10.3 Å². The molecule has 0 saturated heterocycles. The average molecular weight is 510 g/mol. The number of rotatable bonds is 5. The van der Waals surface area contributed by atoms with Crippen molar-refractivity contribution in [1.29, 1.82) is 0 Å². The van der Waals surface area contributed by atoms with Crippen molar-refractivity contribution in [3.05, 3.63) is 51.0 Å². The highest BCUT2D eigenvalue weighted by atomic mass is 32.1. The van der Waals surface area contributed by atoms with Crippen molar-refractivity contribution in [1.82, 2.24) is 4.98 Å². The van der Waals surface area contributed by atoms with Gasteiger partial charge in [-0.3, -0.25) is 4.79 Å². The molecular weight excluding hydrogens is 491 g/mol. The van der Waals surface area contributed by atoms with Crippen molar-refractivity contribution < 1.29 is 31.9 Å². The van der Waals surface area contributed by atoms with Crippen LogP contribution in [-0.4, -0.2) is 23.5 Å². The Balaban J connectivity index is 1.82. The first-order valence-electron chi connectivity index (χ1n) is 9.95. The Hall–Kier alpha value is -3.38. The number of ether oxygens (including phenoxy) is 1. The van der Waals surface area contributed by atoms with E-state index in [0.29, 0.717) is 5.56 Å². The fraction of sp³-hybridized carbons (Fsp3) is 0.227. The largest absolute Gasteiger partial charge is 0.464 e. The number of furan rings is 1. The number of hydrogen-bond acceptors (Lipinski definition) is 8. The molecule has 4 aromatic heterocycles. The molecular formula is C22H18F3N3O4S2. The van der Waals surface area contributed by atoms with Crippen molar-refractivity contribution in [2.45, 2.75) is 26.9 Å². The van der Waals surface area contributed by atoms with Gasteiger partial charge in [-0.1, -0.05) is 0 Å². The number of anilines is 2. The van der Waals surface area contributed by atoms with Crippen LogP contribution in [0.5, 0.6) is 0 Å². The highest BCUT2D eigenvalue weighted by molar-refractivity contribution is 7.21. The molecule has 4 rings (SSSR count). The van der Waals surface area contributed by atoms with Gasteiger partial charge in [0.25, 0.3) is 5.91 Å². The maximum absolute atomic E-state index is 13.5. The summed E-state index contributed by atoms with van der Waals surface area (Å²) in [7, 11) is 0. The third-order valence-electron chi connectivity index (χ3n) is 5.07. The standard InChI is InChI=1S/C22H18F3N3O4S2/c1-4-31-21(30)14-9(2)10(3)33-19(14)28-18(29)17-16(26)15-11(12-6-5-7-32-12)8-13(22(23,24)25)27-20(15)34-17/h5-8H,4,26H2,1-3H3,(H,28,29). The first-order valence-corrected chi connectivity index (χ1v) is 11.6. The van der Waals surface area contributed by atoms with E-state index in [4.69, 9.17) is 14.9 Å². The second-order valence-electron chi connectivity index (χ2n) is 7.22. The molecule has 0 unspecified atom stereocenters. The number of aromatic nitrogens is 1. The lowest BCUT2D eigenvalue weighted by molar-refractivity contribution is -0.140. The van der Waals surface area contributed by atoms with Crippen molar-refractivity contribution >= 4 is 55.5 Å². The lowest BCUT2D eigenvalue weighted by Gasteiger charge is -2.09. The van der Waals surface area contributed by atoms with Crippen LogP contribution in [0, 0.1) is 13.8 Å². The Labute approximate surface area is 199 Å². The molecule has 0 radical (unpaired) electrons. The van der Waals surface area contributed by atoms with Crippen LogP contribution in [-0.2, 0) is 10.9 Å². The smallest absolute Gasteiger partial charge is 0.433 e. The molecule has 1 amide bonds. The van der Waals surface area contributed by atoms with Crippen LogP contribution >= 0.6 is 22.7 Å². The average Bonchev–Trinajstić information content (AvgIpc) is 3.47. The van der Waals surface area contributed by atoms with Gasteiger partial charge in [-0.25, -0.2) is 9.78 Å². The molecule has 0 aliphatic rings. The second-order valence-corrected chi connectivity index (χ2v) is 9.44. The topological polar surface area (TPSA) is 107 Å². The molecule has 34 heavy (non-hydrogen) atoms. The van der Waals surface area contributed by atoms with E-state index in [0.717, 1.165) is 22.3 Å². The number of fused-ring (bicyclic) bond motifs is 1. The van der Waals surface area contributed by atoms with E-state index < -0.39 is 23.7 Å². The van der Waals surface area contributed by atoms with Crippen LogP contribution in [0.15, 0.2) is 28.9 Å². The van der Waals surface area contributed by atoms with Crippen LogP contribution in [0.4, 0.5) is 23.9 Å². The van der Waals surface area contributed by atoms with Crippen molar-refractivity contribution in [2.24, 2.45) is 0 Å². The number of esters is 1. The Morgan fingerprint density at radius 2 is 2.00 bits per heavy atom. The molecule has 3 N–H and O–H groups in total. The van der Waals surface area contributed by atoms with Crippen LogP contribution in [0.1, 0.15) is 43.1 Å². The number of carbonyl (C=O) groups excluding carboxylic acids is 2.